The zero-order valence-electron chi connectivity index (χ0n) is 9.82. The summed E-state index contributed by atoms with van der Waals surface area (Å²) >= 11 is 0. The molecule has 92 valence electrons. The van der Waals surface area contributed by atoms with E-state index >= 15 is 0 Å². The van der Waals surface area contributed by atoms with E-state index in [4.69, 9.17) is 5.11 Å². The highest BCUT2D eigenvalue weighted by Crippen LogP contribution is 2.21. The SMILES string of the molecule is O=C(CNC1CC1)N1CCCCC1CCO. The second-order valence-corrected chi connectivity index (χ2v) is 4.90. The molecule has 16 heavy (non-hydrogen) atoms. The highest BCUT2D eigenvalue weighted by atomic mass is 16.3. The normalized spacial score (nSPS) is 25.8. The molecule has 2 fully saturated rings. The number of carbonyl (C=O) groups excluding carboxylic acids is 1. The Morgan fingerprint density at radius 2 is 2.12 bits per heavy atom. The number of rotatable bonds is 5. The third kappa shape index (κ3) is 3.19. The highest BCUT2D eigenvalue weighted by molar-refractivity contribution is 5.78. The first kappa shape index (κ1) is 11.9. The van der Waals surface area contributed by atoms with Gasteiger partial charge in [-0.15, -0.1) is 0 Å². The standard InChI is InChI=1S/C12H22N2O2/c15-8-6-11-3-1-2-7-14(11)12(16)9-13-10-4-5-10/h10-11,13,15H,1-9H2. The van der Waals surface area contributed by atoms with Gasteiger partial charge in [0.1, 0.15) is 0 Å². The molecule has 0 spiro atoms. The van der Waals surface area contributed by atoms with Crippen molar-refractivity contribution in [3.63, 3.8) is 0 Å². The van der Waals surface area contributed by atoms with Crippen molar-refractivity contribution < 1.29 is 9.90 Å². The van der Waals surface area contributed by atoms with Gasteiger partial charge in [-0.05, 0) is 38.5 Å². The molecule has 1 heterocycles. The van der Waals surface area contributed by atoms with E-state index in [1.54, 1.807) is 0 Å². The minimum Gasteiger partial charge on any atom is -0.396 e. The van der Waals surface area contributed by atoms with Gasteiger partial charge < -0.3 is 15.3 Å². The molecule has 1 saturated heterocycles. The van der Waals surface area contributed by atoms with Crippen LogP contribution in [0.25, 0.3) is 0 Å². The number of nitrogens with one attached hydrogen (secondary N) is 1. The zero-order valence-corrected chi connectivity index (χ0v) is 9.82. The summed E-state index contributed by atoms with van der Waals surface area (Å²) in [5.74, 6) is 0.213. The lowest BCUT2D eigenvalue weighted by molar-refractivity contribution is -0.134. The Morgan fingerprint density at radius 3 is 2.81 bits per heavy atom. The van der Waals surface area contributed by atoms with Crippen LogP contribution in [0.1, 0.15) is 38.5 Å². The van der Waals surface area contributed by atoms with Crippen LogP contribution in [0.2, 0.25) is 0 Å². The van der Waals surface area contributed by atoms with Crippen LogP contribution in [-0.2, 0) is 4.79 Å². The molecule has 0 aromatic rings. The average molecular weight is 226 g/mol. The topological polar surface area (TPSA) is 52.6 Å². The van der Waals surface area contributed by atoms with Gasteiger partial charge in [0, 0.05) is 25.2 Å². The Bertz CT molecular complexity index is 239. The Kier molecular flexibility index (Phi) is 4.18. The lowest BCUT2D eigenvalue weighted by atomic mass is 9.99. The molecule has 1 amide bonds. The van der Waals surface area contributed by atoms with E-state index in [0.717, 1.165) is 25.8 Å². The highest BCUT2D eigenvalue weighted by Gasteiger charge is 2.27. The van der Waals surface area contributed by atoms with Crippen molar-refractivity contribution >= 4 is 5.91 Å². The summed E-state index contributed by atoms with van der Waals surface area (Å²) in [4.78, 5) is 14.0. The van der Waals surface area contributed by atoms with Gasteiger partial charge in [0.05, 0.1) is 6.54 Å². The summed E-state index contributed by atoms with van der Waals surface area (Å²) in [7, 11) is 0. The first-order valence-corrected chi connectivity index (χ1v) is 6.45. The molecule has 1 atom stereocenters. The fourth-order valence-electron chi connectivity index (χ4n) is 2.40. The van der Waals surface area contributed by atoms with Gasteiger partial charge >= 0.3 is 0 Å². The number of aliphatic hydroxyl groups is 1. The smallest absolute Gasteiger partial charge is 0.236 e. The number of nitrogens with zero attached hydrogens (tertiary/aromatic N) is 1. The van der Waals surface area contributed by atoms with Crippen molar-refractivity contribution in [3.05, 3.63) is 0 Å². The maximum atomic E-state index is 12.0. The van der Waals surface area contributed by atoms with E-state index in [1.807, 2.05) is 4.90 Å². The summed E-state index contributed by atoms with van der Waals surface area (Å²) in [6.07, 6.45) is 6.51. The molecule has 2 N–H and O–H groups in total. The van der Waals surface area contributed by atoms with E-state index in [-0.39, 0.29) is 18.6 Å². The molecule has 4 nitrogen and oxygen atoms in total. The van der Waals surface area contributed by atoms with Gasteiger partial charge in [-0.3, -0.25) is 4.79 Å². The fourth-order valence-corrected chi connectivity index (χ4v) is 2.40. The number of aliphatic hydroxyl groups excluding tert-OH is 1. The fraction of sp³-hybridized carbons (Fsp3) is 0.917. The third-order valence-electron chi connectivity index (χ3n) is 3.53. The lowest BCUT2D eigenvalue weighted by Crippen LogP contribution is -2.47. The van der Waals surface area contributed by atoms with Crippen molar-refractivity contribution in [1.82, 2.24) is 10.2 Å². The Labute approximate surface area is 97.0 Å². The molecule has 2 aliphatic rings. The minimum absolute atomic E-state index is 0.185. The molecule has 0 aromatic carbocycles. The van der Waals surface area contributed by atoms with Crippen LogP contribution in [0.3, 0.4) is 0 Å². The van der Waals surface area contributed by atoms with Gasteiger partial charge in [-0.25, -0.2) is 0 Å². The number of carbonyl (C=O) groups is 1. The molecular weight excluding hydrogens is 204 g/mol. The maximum Gasteiger partial charge on any atom is 0.236 e. The van der Waals surface area contributed by atoms with Gasteiger partial charge in [0.25, 0.3) is 0 Å². The van der Waals surface area contributed by atoms with Gasteiger partial charge in [0.2, 0.25) is 5.91 Å². The van der Waals surface area contributed by atoms with E-state index in [9.17, 15) is 4.79 Å². The summed E-state index contributed by atoms with van der Waals surface area (Å²) in [5.41, 5.74) is 0. The van der Waals surface area contributed by atoms with E-state index in [1.165, 1.54) is 19.3 Å². The van der Waals surface area contributed by atoms with Gasteiger partial charge in [-0.1, -0.05) is 0 Å². The van der Waals surface area contributed by atoms with Crippen molar-refractivity contribution in [2.24, 2.45) is 0 Å². The van der Waals surface area contributed by atoms with Crippen LogP contribution in [0, 0.1) is 0 Å². The predicted molar refractivity (Wildman–Crippen MR) is 62.1 cm³/mol. The van der Waals surface area contributed by atoms with Crippen molar-refractivity contribution in [2.75, 3.05) is 19.7 Å². The van der Waals surface area contributed by atoms with Crippen LogP contribution in [0.15, 0.2) is 0 Å². The monoisotopic (exact) mass is 226 g/mol. The largest absolute Gasteiger partial charge is 0.396 e. The first-order valence-electron chi connectivity index (χ1n) is 6.45. The Hall–Kier alpha value is -0.610. The summed E-state index contributed by atoms with van der Waals surface area (Å²) < 4.78 is 0. The van der Waals surface area contributed by atoms with E-state index in [0.29, 0.717) is 12.6 Å². The van der Waals surface area contributed by atoms with Crippen LogP contribution < -0.4 is 5.32 Å². The molecule has 1 aliphatic carbocycles. The molecule has 0 bridgehead atoms. The molecular formula is C12H22N2O2. The Balaban J connectivity index is 1.80. The lowest BCUT2D eigenvalue weighted by Gasteiger charge is -2.35. The second kappa shape index (κ2) is 5.64. The molecule has 1 unspecified atom stereocenters. The average Bonchev–Trinajstić information content (AvgIpc) is 3.11. The van der Waals surface area contributed by atoms with Crippen molar-refractivity contribution in [2.45, 2.75) is 50.6 Å². The number of amides is 1. The van der Waals surface area contributed by atoms with Crippen molar-refractivity contribution in [1.29, 1.82) is 0 Å². The molecule has 4 heteroatoms. The number of hydrogen-bond donors (Lipinski definition) is 2. The van der Waals surface area contributed by atoms with Crippen LogP contribution in [0.4, 0.5) is 0 Å². The zero-order chi connectivity index (χ0) is 11.4. The molecule has 2 rings (SSSR count). The molecule has 1 saturated carbocycles. The minimum atomic E-state index is 0.185. The van der Waals surface area contributed by atoms with Crippen molar-refractivity contribution in [3.8, 4) is 0 Å². The maximum absolute atomic E-state index is 12.0. The number of likely N-dealkylation sites (tertiary alicyclic amines) is 1. The Morgan fingerprint density at radius 1 is 1.31 bits per heavy atom. The first-order chi connectivity index (χ1) is 7.81. The summed E-state index contributed by atoms with van der Waals surface area (Å²) in [5, 5.41) is 12.3. The van der Waals surface area contributed by atoms with E-state index < -0.39 is 0 Å². The molecule has 0 aromatic heterocycles. The van der Waals surface area contributed by atoms with Crippen LogP contribution in [-0.4, -0.2) is 47.7 Å². The molecule has 1 aliphatic heterocycles. The summed E-state index contributed by atoms with van der Waals surface area (Å²) in [6, 6.07) is 0.859. The third-order valence-corrected chi connectivity index (χ3v) is 3.53. The predicted octanol–water partition coefficient (Wildman–Crippen LogP) is 0.502. The van der Waals surface area contributed by atoms with Crippen LogP contribution in [0.5, 0.6) is 0 Å². The van der Waals surface area contributed by atoms with Gasteiger partial charge in [-0.2, -0.15) is 0 Å². The molecule has 0 radical (unpaired) electrons. The second-order valence-electron chi connectivity index (χ2n) is 4.90. The number of hydrogen-bond acceptors (Lipinski definition) is 3. The van der Waals surface area contributed by atoms with Crippen LogP contribution >= 0.6 is 0 Å². The van der Waals surface area contributed by atoms with E-state index in [2.05, 4.69) is 5.32 Å². The number of piperidine rings is 1. The quantitative estimate of drug-likeness (QED) is 0.718. The van der Waals surface area contributed by atoms with Gasteiger partial charge in [0.15, 0.2) is 0 Å². The summed E-state index contributed by atoms with van der Waals surface area (Å²) in [6.45, 7) is 1.53.